The van der Waals surface area contributed by atoms with E-state index in [4.69, 9.17) is 0 Å². The van der Waals surface area contributed by atoms with E-state index < -0.39 is 10.9 Å². The van der Waals surface area contributed by atoms with E-state index in [-0.39, 0.29) is 0 Å². The van der Waals surface area contributed by atoms with Gasteiger partial charge in [0.2, 0.25) is 10.9 Å². The molecule has 2 heterocycles. The van der Waals surface area contributed by atoms with Gasteiger partial charge in [0.25, 0.3) is 0 Å². The lowest BCUT2D eigenvalue weighted by molar-refractivity contribution is 0.104. The maximum Gasteiger partial charge on any atom is 0.201 e. The van der Waals surface area contributed by atoms with Crippen LogP contribution in [0.4, 0.5) is 0 Å². The van der Waals surface area contributed by atoms with Crippen LogP contribution in [0.15, 0.2) is 0 Å². The molecule has 2 aliphatic rings. The molecule has 0 saturated carbocycles. The highest BCUT2D eigenvalue weighted by molar-refractivity contribution is 7.70. The zero-order valence-corrected chi connectivity index (χ0v) is 12.0. The van der Waals surface area contributed by atoms with Crippen LogP contribution in [-0.4, -0.2) is 51.6 Å². The summed E-state index contributed by atoms with van der Waals surface area (Å²) in [5.74, 6) is 0.698. The van der Waals surface area contributed by atoms with Crippen molar-refractivity contribution >= 4 is 10.9 Å². The first-order valence-electron chi connectivity index (χ1n) is 7.03. The van der Waals surface area contributed by atoms with Crippen LogP contribution in [0.5, 0.6) is 0 Å². The molecule has 2 saturated heterocycles. The van der Waals surface area contributed by atoms with Crippen molar-refractivity contribution in [3.8, 4) is 0 Å². The number of likely N-dealkylation sites (tertiary alicyclic amines) is 1. The fraction of sp³-hybridized carbons (Fsp3) is 1.00. The van der Waals surface area contributed by atoms with E-state index in [0.29, 0.717) is 24.5 Å². The van der Waals surface area contributed by atoms with Gasteiger partial charge in [-0.3, -0.25) is 4.90 Å². The smallest absolute Gasteiger partial charge is 0.201 e. The average molecular weight is 275 g/mol. The zero-order valence-electron chi connectivity index (χ0n) is 11.1. The molecule has 2 fully saturated rings. The van der Waals surface area contributed by atoms with Gasteiger partial charge < -0.3 is 5.32 Å². The van der Waals surface area contributed by atoms with Gasteiger partial charge in [0.15, 0.2) is 0 Å². The minimum atomic E-state index is -2.44. The number of rotatable bonds is 5. The van der Waals surface area contributed by atoms with E-state index in [2.05, 4.69) is 21.9 Å². The molecule has 0 spiro atoms. The van der Waals surface area contributed by atoms with E-state index in [0.717, 1.165) is 19.5 Å². The number of thiol groups is 1. The molecule has 3 atom stereocenters. The minimum Gasteiger partial charge on any atom is -0.316 e. The Labute approximate surface area is 111 Å². The van der Waals surface area contributed by atoms with Crippen LogP contribution in [0.2, 0.25) is 0 Å². The molecule has 0 aliphatic carbocycles. The summed E-state index contributed by atoms with van der Waals surface area (Å²) in [6.45, 7) is 6.31. The highest BCUT2D eigenvalue weighted by atomic mass is 32.2. The molecular formula is C12H25N3O2S. The molecule has 0 aromatic carbocycles. The number of hydrogen-bond acceptors (Lipinski definition) is 4. The summed E-state index contributed by atoms with van der Waals surface area (Å²) in [5.41, 5.74) is 0. The van der Waals surface area contributed by atoms with Crippen molar-refractivity contribution in [1.82, 2.24) is 14.9 Å². The molecular weight excluding hydrogens is 250 g/mol. The van der Waals surface area contributed by atoms with Crippen LogP contribution in [-0.2, 0) is 10.9 Å². The van der Waals surface area contributed by atoms with Crippen LogP contribution < -0.4 is 10.0 Å². The van der Waals surface area contributed by atoms with Crippen molar-refractivity contribution in [2.24, 2.45) is 5.92 Å². The molecule has 0 radical (unpaired) electrons. The lowest BCUT2D eigenvalue weighted by Crippen LogP contribution is -2.50. The van der Waals surface area contributed by atoms with E-state index in [9.17, 15) is 8.42 Å². The maximum atomic E-state index is 10.5. The van der Waals surface area contributed by atoms with Gasteiger partial charge in [-0.2, -0.15) is 0 Å². The molecule has 2 aliphatic heterocycles. The van der Waals surface area contributed by atoms with Crippen LogP contribution in [0, 0.1) is 5.92 Å². The average Bonchev–Trinajstić information content (AvgIpc) is 2.77. The van der Waals surface area contributed by atoms with E-state index >= 15 is 0 Å². The van der Waals surface area contributed by atoms with Gasteiger partial charge in [-0.15, -0.1) is 0 Å². The summed E-state index contributed by atoms with van der Waals surface area (Å²) in [6, 6.07) is 1.25. The molecule has 2 unspecified atom stereocenters. The number of piperidine rings is 1. The molecule has 2 N–H and O–H groups in total. The van der Waals surface area contributed by atoms with Crippen LogP contribution in [0.1, 0.15) is 32.6 Å². The Balaban J connectivity index is 1.86. The summed E-state index contributed by atoms with van der Waals surface area (Å²) in [6.07, 6.45) is 4.64. The largest absolute Gasteiger partial charge is 0.316 e. The Bertz CT molecular complexity index is 327. The SMILES string of the molecule is CC1CNCCC1N1CCC[C@H]1CCN[SH](=O)=O. The van der Waals surface area contributed by atoms with Crippen LogP contribution in [0.25, 0.3) is 0 Å². The Morgan fingerprint density at radius 2 is 2.22 bits per heavy atom. The fourth-order valence-corrected chi connectivity index (χ4v) is 3.73. The first-order chi connectivity index (χ1) is 8.68. The fourth-order valence-electron chi connectivity index (χ4n) is 3.42. The van der Waals surface area contributed by atoms with Crippen molar-refractivity contribution in [3.63, 3.8) is 0 Å². The summed E-state index contributed by atoms with van der Waals surface area (Å²) >= 11 is 0. The summed E-state index contributed by atoms with van der Waals surface area (Å²) in [7, 11) is -2.44. The lowest BCUT2D eigenvalue weighted by atomic mass is 9.93. The topological polar surface area (TPSA) is 61.4 Å². The quantitative estimate of drug-likeness (QED) is 0.616. The zero-order chi connectivity index (χ0) is 13.0. The highest BCUT2D eigenvalue weighted by Crippen LogP contribution is 2.28. The Hall–Kier alpha value is -0.170. The third-order valence-electron chi connectivity index (χ3n) is 4.31. The molecule has 6 heteroatoms. The standard InChI is InChI=1S/C12H25N3O2S/c1-10-9-13-6-5-12(10)15-8-2-3-11(15)4-7-14-18(16)17/h10-13,18H,2-9H2,1H3,(H,14,16,17)/t10?,11-,12?/m0/s1. The van der Waals surface area contributed by atoms with E-state index in [1.165, 1.54) is 25.8 Å². The summed E-state index contributed by atoms with van der Waals surface area (Å²) in [4.78, 5) is 2.63. The molecule has 0 aromatic heterocycles. The third-order valence-corrected chi connectivity index (χ3v) is 4.79. The van der Waals surface area contributed by atoms with Crippen molar-refractivity contribution in [2.75, 3.05) is 26.2 Å². The summed E-state index contributed by atoms with van der Waals surface area (Å²) in [5, 5.41) is 3.44. The number of nitrogens with one attached hydrogen (secondary N) is 2. The van der Waals surface area contributed by atoms with Crippen LogP contribution in [0.3, 0.4) is 0 Å². The van der Waals surface area contributed by atoms with Crippen molar-refractivity contribution in [2.45, 2.75) is 44.7 Å². The molecule has 0 aromatic rings. The summed E-state index contributed by atoms with van der Waals surface area (Å²) < 4.78 is 23.5. The van der Waals surface area contributed by atoms with Gasteiger partial charge in [0.05, 0.1) is 0 Å². The number of nitrogens with zero attached hydrogens (tertiary/aromatic N) is 1. The molecule has 18 heavy (non-hydrogen) atoms. The van der Waals surface area contributed by atoms with Crippen molar-refractivity contribution < 1.29 is 8.42 Å². The van der Waals surface area contributed by atoms with E-state index in [1.54, 1.807) is 0 Å². The van der Waals surface area contributed by atoms with Crippen LogP contribution >= 0.6 is 0 Å². The second-order valence-corrected chi connectivity index (χ2v) is 6.36. The lowest BCUT2D eigenvalue weighted by Gasteiger charge is -2.40. The Morgan fingerprint density at radius 3 is 2.94 bits per heavy atom. The Kier molecular flexibility index (Phi) is 5.41. The first kappa shape index (κ1) is 14.2. The second-order valence-electron chi connectivity index (χ2n) is 5.53. The molecule has 0 bridgehead atoms. The van der Waals surface area contributed by atoms with E-state index in [1.807, 2.05) is 0 Å². The van der Waals surface area contributed by atoms with Crippen molar-refractivity contribution in [3.05, 3.63) is 0 Å². The predicted octanol–water partition coefficient (Wildman–Crippen LogP) is -0.0451. The third kappa shape index (κ3) is 3.66. The van der Waals surface area contributed by atoms with Gasteiger partial charge in [0, 0.05) is 18.6 Å². The normalized spacial score (nSPS) is 34.2. The minimum absolute atomic E-state index is 0.568. The molecule has 0 amide bonds. The monoisotopic (exact) mass is 275 g/mol. The predicted molar refractivity (Wildman–Crippen MR) is 73.1 cm³/mol. The molecule has 2 rings (SSSR count). The van der Waals surface area contributed by atoms with Crippen molar-refractivity contribution in [1.29, 1.82) is 0 Å². The van der Waals surface area contributed by atoms with Gasteiger partial charge >= 0.3 is 0 Å². The second kappa shape index (κ2) is 6.84. The first-order valence-corrected chi connectivity index (χ1v) is 8.20. The number of hydrogen-bond donors (Lipinski definition) is 3. The van der Waals surface area contributed by atoms with Gasteiger partial charge in [-0.05, 0) is 51.2 Å². The Morgan fingerprint density at radius 1 is 1.39 bits per heavy atom. The highest BCUT2D eigenvalue weighted by Gasteiger charge is 2.34. The maximum absolute atomic E-state index is 10.5. The van der Waals surface area contributed by atoms with Gasteiger partial charge in [0.1, 0.15) is 0 Å². The molecule has 106 valence electrons. The van der Waals surface area contributed by atoms with Gasteiger partial charge in [-0.25, -0.2) is 13.1 Å². The molecule has 5 nitrogen and oxygen atoms in total. The van der Waals surface area contributed by atoms with Gasteiger partial charge in [-0.1, -0.05) is 6.92 Å².